The Morgan fingerprint density at radius 1 is 0.909 bits per heavy atom. The minimum absolute atomic E-state index is 0.216. The zero-order valence-corrected chi connectivity index (χ0v) is 16.2. The van der Waals surface area contributed by atoms with Crippen LogP contribution in [-0.4, -0.2) is 8.42 Å². The molecule has 0 aliphatic rings. The second kappa shape index (κ2) is 6.79. The molecule has 2 aromatic heterocycles. The molecule has 0 fully saturated rings. The zero-order chi connectivity index (χ0) is 15.6. The van der Waals surface area contributed by atoms with Gasteiger partial charge in [0, 0.05) is 0 Å². The van der Waals surface area contributed by atoms with E-state index >= 15 is 0 Å². The number of hydrogen-bond acceptors (Lipinski definition) is 5. The number of hydrogen-bond donors (Lipinski definition) is 0. The molecule has 0 amide bonds. The van der Waals surface area contributed by atoms with E-state index in [9.17, 15) is 8.42 Å². The molecule has 2 heterocycles. The Balaban J connectivity index is 1.95. The molecule has 1 aromatic carbocycles. The molecule has 116 valence electrons. The topological polar surface area (TPSA) is 43.4 Å². The van der Waals surface area contributed by atoms with Crippen LogP contribution in [0.15, 0.2) is 64.2 Å². The van der Waals surface area contributed by atoms with Gasteiger partial charge in [-0.05, 0) is 0 Å². The van der Waals surface area contributed by atoms with Crippen molar-refractivity contribution < 1.29 is 10.9 Å². The second-order valence-corrected chi connectivity index (χ2v) is 14.1. The summed E-state index contributed by atoms with van der Waals surface area (Å²) in [5.74, 6) is 0. The van der Waals surface area contributed by atoms with E-state index in [0.717, 1.165) is 11.3 Å². The molecule has 0 saturated carbocycles. The van der Waals surface area contributed by atoms with Crippen LogP contribution in [0.4, 0.5) is 0 Å². The number of benzene rings is 1. The third kappa shape index (κ3) is 3.60. The Kier molecular flexibility index (Phi) is 4.98. The van der Waals surface area contributed by atoms with Gasteiger partial charge in [0.2, 0.25) is 0 Å². The first-order chi connectivity index (χ1) is 10.6. The van der Waals surface area contributed by atoms with Crippen molar-refractivity contribution in [3.63, 3.8) is 0 Å². The molecule has 0 N–H and O–H groups in total. The van der Waals surface area contributed by atoms with E-state index in [-0.39, 0.29) is 4.90 Å². The van der Waals surface area contributed by atoms with Gasteiger partial charge in [0.25, 0.3) is 0 Å². The van der Waals surface area contributed by atoms with Crippen LogP contribution in [0.3, 0.4) is 0 Å². The first-order valence-corrected chi connectivity index (χ1v) is 12.6. The normalized spacial score (nSPS) is 12.3. The summed E-state index contributed by atoms with van der Waals surface area (Å²) in [5.41, 5.74) is 1.02. The van der Waals surface area contributed by atoms with Crippen LogP contribution in [0.25, 0.3) is 0 Å². The molecule has 7 heteroatoms. The van der Waals surface area contributed by atoms with E-state index in [4.69, 9.17) is 2.51 Å². The van der Waals surface area contributed by atoms with Crippen LogP contribution in [0.1, 0.15) is 5.56 Å². The van der Waals surface area contributed by atoms with Crippen LogP contribution in [0.5, 0.6) is 0 Å². The maximum atomic E-state index is 12.6. The molecule has 22 heavy (non-hydrogen) atoms. The van der Waals surface area contributed by atoms with Crippen molar-refractivity contribution in [1.29, 1.82) is 0 Å². The van der Waals surface area contributed by atoms with Gasteiger partial charge < -0.3 is 0 Å². The van der Waals surface area contributed by atoms with Crippen molar-refractivity contribution in [3.8, 4) is 0 Å². The molecule has 0 aliphatic heterocycles. The Hall–Kier alpha value is -0.740. The summed E-state index contributed by atoms with van der Waals surface area (Å²) < 4.78 is 32.9. The monoisotopic (exact) mass is 464 g/mol. The standard InChI is InChI=1S/C15H13IO3S3/c1-12-6-8-13(9-7-12)22(17,18)19-16(14-4-2-10-20-14)15-5-3-11-21-15/h2-11H,1H3. The van der Waals surface area contributed by atoms with Gasteiger partial charge >= 0.3 is 146 Å². The van der Waals surface area contributed by atoms with Crippen molar-refractivity contribution in [1.82, 2.24) is 0 Å². The van der Waals surface area contributed by atoms with E-state index in [1.54, 1.807) is 46.9 Å². The predicted octanol–water partition coefficient (Wildman–Crippen LogP) is 4.98. The average molecular weight is 464 g/mol. The van der Waals surface area contributed by atoms with E-state index in [1.165, 1.54) is 0 Å². The van der Waals surface area contributed by atoms with E-state index < -0.39 is 30.4 Å². The Morgan fingerprint density at radius 3 is 1.91 bits per heavy atom. The number of thiophene rings is 2. The summed E-state index contributed by atoms with van der Waals surface area (Å²) >= 11 is 0.691. The molecule has 0 aliphatic carbocycles. The van der Waals surface area contributed by atoms with Crippen LogP contribution in [0.2, 0.25) is 0 Å². The van der Waals surface area contributed by atoms with E-state index in [2.05, 4.69) is 0 Å². The minimum atomic E-state index is -3.75. The molecule has 3 rings (SSSR count). The van der Waals surface area contributed by atoms with Crippen molar-refractivity contribution in [2.45, 2.75) is 11.8 Å². The average Bonchev–Trinajstić information content (AvgIpc) is 3.19. The van der Waals surface area contributed by atoms with Crippen LogP contribution < -0.4 is 0 Å². The van der Waals surface area contributed by atoms with E-state index in [1.807, 2.05) is 41.9 Å². The molecule has 0 bridgehead atoms. The molecular formula is C15H13IO3S3. The van der Waals surface area contributed by atoms with Crippen molar-refractivity contribution >= 4 is 53.0 Å². The van der Waals surface area contributed by atoms with Gasteiger partial charge in [0.15, 0.2) is 0 Å². The summed E-state index contributed by atoms with van der Waals surface area (Å²) in [6.45, 7) is 1.92. The molecule has 0 saturated heterocycles. The van der Waals surface area contributed by atoms with Crippen molar-refractivity contribution in [2.75, 3.05) is 0 Å². The van der Waals surface area contributed by atoms with Crippen LogP contribution >= 0.6 is 42.9 Å². The summed E-state index contributed by atoms with van der Waals surface area (Å²) in [6, 6.07) is 14.5. The van der Waals surface area contributed by atoms with Gasteiger partial charge in [-0.25, -0.2) is 0 Å². The third-order valence-corrected chi connectivity index (χ3v) is 13.8. The first-order valence-electron chi connectivity index (χ1n) is 6.35. The third-order valence-electron chi connectivity index (χ3n) is 2.77. The maximum absolute atomic E-state index is 12.6. The molecular weight excluding hydrogens is 451 g/mol. The van der Waals surface area contributed by atoms with Crippen LogP contribution in [0, 0.1) is 12.7 Å². The summed E-state index contributed by atoms with van der Waals surface area (Å²) in [5, 5.41) is 3.91. The summed E-state index contributed by atoms with van der Waals surface area (Å²) in [7, 11) is -3.75. The van der Waals surface area contributed by atoms with Crippen molar-refractivity contribution in [3.05, 3.63) is 70.6 Å². The summed E-state index contributed by atoms with van der Waals surface area (Å²) in [4.78, 5) is 0.216. The Bertz CT molecular complexity index is 789. The Labute approximate surface area is 145 Å². The number of aryl methyl sites for hydroxylation is 1. The van der Waals surface area contributed by atoms with Gasteiger partial charge in [-0.2, -0.15) is 0 Å². The number of halogens is 1. The van der Waals surface area contributed by atoms with Crippen LogP contribution in [-0.2, 0) is 12.6 Å². The zero-order valence-electron chi connectivity index (χ0n) is 11.6. The molecule has 0 spiro atoms. The fraction of sp³-hybridized carbons (Fsp3) is 0.0667. The van der Waals surface area contributed by atoms with Crippen molar-refractivity contribution in [2.24, 2.45) is 0 Å². The molecule has 0 radical (unpaired) electrons. The van der Waals surface area contributed by atoms with Gasteiger partial charge in [0.1, 0.15) is 0 Å². The quantitative estimate of drug-likeness (QED) is 0.500. The number of rotatable bonds is 5. The Morgan fingerprint density at radius 2 is 1.45 bits per heavy atom. The van der Waals surface area contributed by atoms with Gasteiger partial charge in [0.05, 0.1) is 0 Å². The fourth-order valence-electron chi connectivity index (χ4n) is 1.69. The van der Waals surface area contributed by atoms with Gasteiger partial charge in [-0.1, -0.05) is 0 Å². The molecule has 3 nitrogen and oxygen atoms in total. The SMILES string of the molecule is Cc1ccc(S(=O)(=O)OI(c2cccs2)c2cccs2)cc1. The molecule has 0 atom stereocenters. The van der Waals surface area contributed by atoms with E-state index in [0.29, 0.717) is 0 Å². The fourth-order valence-corrected chi connectivity index (χ4v) is 13.0. The van der Waals surface area contributed by atoms with Gasteiger partial charge in [-0.3, -0.25) is 0 Å². The molecule has 0 unspecified atom stereocenters. The van der Waals surface area contributed by atoms with Gasteiger partial charge in [-0.15, -0.1) is 0 Å². The predicted molar refractivity (Wildman–Crippen MR) is 99.5 cm³/mol. The summed E-state index contributed by atoms with van der Waals surface area (Å²) in [6.07, 6.45) is 0. The first kappa shape index (κ1) is 16.1. The molecule has 3 aromatic rings. The second-order valence-electron chi connectivity index (χ2n) is 4.41.